The fourth-order valence-electron chi connectivity index (χ4n) is 4.32. The van der Waals surface area contributed by atoms with E-state index in [1.54, 1.807) is 6.07 Å². The number of hydrogen-bond donors (Lipinski definition) is 1. The van der Waals surface area contributed by atoms with Gasteiger partial charge in [0.25, 0.3) is 0 Å². The molecule has 2 heterocycles. The number of aliphatic hydroxyl groups is 1. The summed E-state index contributed by atoms with van der Waals surface area (Å²) in [5, 5.41) is 11.1. The maximum absolute atomic E-state index is 10.7. The van der Waals surface area contributed by atoms with Crippen LogP contribution in [0.1, 0.15) is 53.5 Å². The number of ether oxygens (including phenoxy) is 1. The van der Waals surface area contributed by atoms with E-state index >= 15 is 0 Å². The number of rotatable bonds is 8. The third-order valence-corrected chi connectivity index (χ3v) is 11.8. The predicted molar refractivity (Wildman–Crippen MR) is 112 cm³/mol. The van der Waals surface area contributed by atoms with Crippen molar-refractivity contribution in [2.45, 2.75) is 64.3 Å². The first-order valence-electron chi connectivity index (χ1n) is 9.87. The van der Waals surface area contributed by atoms with Gasteiger partial charge in [0.2, 0.25) is 0 Å². The minimum absolute atomic E-state index is 0.198. The molecule has 154 valence electrons. The summed E-state index contributed by atoms with van der Waals surface area (Å²) in [5.74, 6) is 1.05. The van der Waals surface area contributed by atoms with E-state index in [2.05, 4.69) is 56.4 Å². The monoisotopic (exact) mass is 415 g/mol. The highest BCUT2D eigenvalue weighted by atomic mass is 35.5. The number of aromatic nitrogens is 2. The molecule has 1 N–H and O–H groups in total. The van der Waals surface area contributed by atoms with Crippen LogP contribution in [0.15, 0.2) is 6.07 Å². The maximum atomic E-state index is 10.7. The highest BCUT2D eigenvalue weighted by Gasteiger charge is 2.45. The molecule has 8 heteroatoms. The number of hydrogen-bond acceptors (Lipinski definition) is 6. The van der Waals surface area contributed by atoms with Gasteiger partial charge in [-0.2, -0.15) is 0 Å². The van der Waals surface area contributed by atoms with Crippen molar-refractivity contribution in [2.24, 2.45) is 0 Å². The van der Waals surface area contributed by atoms with Crippen LogP contribution >= 0.6 is 11.6 Å². The van der Waals surface area contributed by atoms with Crippen molar-refractivity contribution in [2.75, 3.05) is 37.8 Å². The van der Waals surface area contributed by atoms with Gasteiger partial charge in [-0.3, -0.25) is 0 Å². The Kier molecular flexibility index (Phi) is 8.06. The fraction of sp³-hybridized carbons (Fsp3) is 0.789. The minimum atomic E-state index is -2.06. The van der Waals surface area contributed by atoms with Crippen LogP contribution in [0.25, 0.3) is 0 Å². The second-order valence-corrected chi connectivity index (χ2v) is 14.0. The molecule has 1 aliphatic heterocycles. The van der Waals surface area contributed by atoms with Gasteiger partial charge in [-0.05, 0) is 16.6 Å². The Morgan fingerprint density at radius 2 is 1.67 bits per heavy atom. The Morgan fingerprint density at radius 1 is 1.11 bits per heavy atom. The number of halogens is 1. The molecule has 0 radical (unpaired) electrons. The second-order valence-electron chi connectivity index (χ2n) is 8.15. The molecule has 0 bridgehead atoms. The molecule has 0 amide bonds. The van der Waals surface area contributed by atoms with Gasteiger partial charge in [-0.1, -0.05) is 53.1 Å². The Morgan fingerprint density at radius 3 is 2.19 bits per heavy atom. The lowest BCUT2D eigenvalue weighted by atomic mass is 10.3. The van der Waals surface area contributed by atoms with Gasteiger partial charge in [0, 0.05) is 19.2 Å². The summed E-state index contributed by atoms with van der Waals surface area (Å²) in [5.41, 5.74) is 1.36. The zero-order chi connectivity index (χ0) is 20.2. The maximum Gasteiger partial charge on any atom is 0.200 e. The largest absolute Gasteiger partial charge is 0.413 e. The van der Waals surface area contributed by atoms with E-state index in [0.29, 0.717) is 40.8 Å². The first-order valence-corrected chi connectivity index (χ1v) is 12.4. The summed E-state index contributed by atoms with van der Waals surface area (Å²) in [4.78, 5) is 10.9. The Hall–Kier alpha value is -0.733. The van der Waals surface area contributed by atoms with Crippen LogP contribution < -0.4 is 4.90 Å². The summed E-state index contributed by atoms with van der Waals surface area (Å²) in [6.45, 7) is 16.4. The second kappa shape index (κ2) is 9.65. The van der Waals surface area contributed by atoms with Gasteiger partial charge in [-0.15, -0.1) is 0 Å². The van der Waals surface area contributed by atoms with Crippen LogP contribution in [0, 0.1) is 0 Å². The van der Waals surface area contributed by atoms with E-state index in [1.807, 2.05) is 0 Å². The molecule has 1 fully saturated rings. The molecule has 0 saturated carbocycles. The lowest BCUT2D eigenvalue weighted by molar-refractivity contribution is 0.0907. The lowest BCUT2D eigenvalue weighted by Gasteiger charge is -2.42. The predicted octanol–water partition coefficient (Wildman–Crippen LogP) is 4.19. The van der Waals surface area contributed by atoms with Gasteiger partial charge in [0.1, 0.15) is 17.1 Å². The molecule has 6 nitrogen and oxygen atoms in total. The van der Waals surface area contributed by atoms with Gasteiger partial charge in [0.05, 0.1) is 19.8 Å². The lowest BCUT2D eigenvalue weighted by Crippen LogP contribution is -2.48. The molecule has 1 aromatic rings. The van der Waals surface area contributed by atoms with E-state index in [9.17, 15) is 5.11 Å². The van der Waals surface area contributed by atoms with E-state index in [-0.39, 0.29) is 6.61 Å². The summed E-state index contributed by atoms with van der Waals surface area (Å²) in [6.07, 6.45) is -0.897. The van der Waals surface area contributed by atoms with Crippen LogP contribution in [-0.4, -0.2) is 56.3 Å². The van der Waals surface area contributed by atoms with E-state index in [4.69, 9.17) is 20.8 Å². The first-order chi connectivity index (χ1) is 12.7. The summed E-state index contributed by atoms with van der Waals surface area (Å²) >= 11 is 6.20. The number of aliphatic hydroxyl groups excluding tert-OH is 1. The van der Waals surface area contributed by atoms with E-state index in [1.165, 1.54) is 0 Å². The molecule has 0 spiro atoms. The van der Waals surface area contributed by atoms with Crippen LogP contribution in [0.3, 0.4) is 0 Å². The average molecular weight is 416 g/mol. The molecular weight excluding hydrogens is 382 g/mol. The van der Waals surface area contributed by atoms with Crippen molar-refractivity contribution in [3.8, 4) is 0 Å². The van der Waals surface area contributed by atoms with Gasteiger partial charge < -0.3 is 19.2 Å². The van der Waals surface area contributed by atoms with Crippen molar-refractivity contribution < 1.29 is 14.3 Å². The number of morpholine rings is 1. The minimum Gasteiger partial charge on any atom is -0.413 e. The topological polar surface area (TPSA) is 67.7 Å². The van der Waals surface area contributed by atoms with Crippen LogP contribution in [0.4, 0.5) is 5.82 Å². The molecule has 1 aliphatic rings. The quantitative estimate of drug-likeness (QED) is 0.507. The molecule has 1 unspecified atom stereocenters. The third kappa shape index (κ3) is 5.20. The Bertz CT molecular complexity index is 588. The molecule has 27 heavy (non-hydrogen) atoms. The van der Waals surface area contributed by atoms with Gasteiger partial charge in [-0.25, -0.2) is 9.97 Å². The smallest absolute Gasteiger partial charge is 0.200 e. The normalized spacial score (nSPS) is 17.2. The van der Waals surface area contributed by atoms with Gasteiger partial charge >= 0.3 is 0 Å². The standard InChI is InChI=1S/C19H34ClN3O3Si/c1-13(2)27(14(3)4,15(5)6)26-12-16(24)19-21-17(20)11-18(22-19)23-7-9-25-10-8-23/h11,13-16,24H,7-10,12H2,1-6H3. The zero-order valence-corrected chi connectivity index (χ0v) is 19.2. The molecule has 0 aromatic carbocycles. The van der Waals surface area contributed by atoms with Crippen molar-refractivity contribution in [3.63, 3.8) is 0 Å². The van der Waals surface area contributed by atoms with Crippen LogP contribution in [-0.2, 0) is 9.16 Å². The fourth-order valence-corrected chi connectivity index (χ4v) is 9.95. The number of nitrogens with zero attached hydrogens (tertiary/aromatic N) is 3. The molecule has 1 atom stereocenters. The highest BCUT2D eigenvalue weighted by molar-refractivity contribution is 6.77. The zero-order valence-electron chi connectivity index (χ0n) is 17.4. The Labute approximate surface area is 169 Å². The Balaban J connectivity index is 2.17. The van der Waals surface area contributed by atoms with E-state index in [0.717, 1.165) is 18.9 Å². The van der Waals surface area contributed by atoms with Crippen molar-refractivity contribution >= 4 is 25.7 Å². The molecule has 1 aromatic heterocycles. The van der Waals surface area contributed by atoms with Crippen molar-refractivity contribution in [3.05, 3.63) is 17.0 Å². The number of anilines is 1. The summed E-state index contributed by atoms with van der Waals surface area (Å²) < 4.78 is 11.9. The molecule has 2 rings (SSSR count). The first kappa shape index (κ1) is 22.6. The molecule has 1 saturated heterocycles. The molecule has 0 aliphatic carbocycles. The molecular formula is C19H34ClN3O3Si. The van der Waals surface area contributed by atoms with E-state index < -0.39 is 14.4 Å². The van der Waals surface area contributed by atoms with Crippen molar-refractivity contribution in [1.82, 2.24) is 9.97 Å². The van der Waals surface area contributed by atoms with Crippen molar-refractivity contribution in [1.29, 1.82) is 0 Å². The summed E-state index contributed by atoms with van der Waals surface area (Å²) in [6, 6.07) is 1.74. The summed E-state index contributed by atoms with van der Waals surface area (Å²) in [7, 11) is -2.06. The van der Waals surface area contributed by atoms with Crippen LogP contribution in [0.2, 0.25) is 21.8 Å². The average Bonchev–Trinajstić information content (AvgIpc) is 2.61. The van der Waals surface area contributed by atoms with Gasteiger partial charge in [0.15, 0.2) is 14.1 Å². The highest BCUT2D eigenvalue weighted by Crippen LogP contribution is 2.42. The third-order valence-electron chi connectivity index (χ3n) is 5.53. The van der Waals surface area contributed by atoms with Crippen LogP contribution in [0.5, 0.6) is 0 Å². The SMILES string of the molecule is CC(C)[Si](OCC(O)c1nc(Cl)cc(N2CCOCC2)n1)(C(C)C)C(C)C.